The summed E-state index contributed by atoms with van der Waals surface area (Å²) in [5.74, 6) is -0.972. The van der Waals surface area contributed by atoms with Crippen molar-refractivity contribution in [3.8, 4) is 5.75 Å². The highest BCUT2D eigenvalue weighted by Gasteiger charge is 2.23. The number of phenols is 1. The fourth-order valence-electron chi connectivity index (χ4n) is 1.79. The molecule has 1 aromatic rings. The summed E-state index contributed by atoms with van der Waals surface area (Å²) in [5.41, 5.74) is 0.728. The Kier molecular flexibility index (Phi) is 6.02. The number of aliphatic carboxylic acids is 1. The number of carbonyl (C=O) groups is 2. The van der Waals surface area contributed by atoms with Crippen LogP contribution >= 0.6 is 0 Å². The molecule has 1 unspecified atom stereocenters. The number of hydrogen-bond donors (Lipinski definition) is 3. The van der Waals surface area contributed by atoms with Gasteiger partial charge >= 0.3 is 12.0 Å². The largest absolute Gasteiger partial charge is 0.508 e. The van der Waals surface area contributed by atoms with Crippen molar-refractivity contribution < 1.29 is 19.8 Å². The second-order valence-corrected chi connectivity index (χ2v) is 5.08. The molecule has 0 fully saturated rings. The Labute approximate surface area is 124 Å². The van der Waals surface area contributed by atoms with Gasteiger partial charge < -0.3 is 20.4 Å². The van der Waals surface area contributed by atoms with Crippen molar-refractivity contribution in [2.24, 2.45) is 0 Å². The Bertz CT molecular complexity index is 487. The van der Waals surface area contributed by atoms with Crippen molar-refractivity contribution in [1.29, 1.82) is 0 Å². The lowest BCUT2D eigenvalue weighted by atomic mass is 10.1. The first-order valence-corrected chi connectivity index (χ1v) is 6.89. The van der Waals surface area contributed by atoms with E-state index >= 15 is 0 Å². The summed E-state index contributed by atoms with van der Waals surface area (Å²) >= 11 is 0. The fraction of sp³-hybridized carbons (Fsp3) is 0.467. The number of carbonyl (C=O) groups excluding carboxylic acids is 1. The maximum Gasteiger partial charge on any atom is 0.326 e. The lowest BCUT2D eigenvalue weighted by Gasteiger charge is -2.26. The summed E-state index contributed by atoms with van der Waals surface area (Å²) in [5, 5.41) is 21.0. The number of hydrogen-bond acceptors (Lipinski definition) is 3. The molecule has 0 aliphatic rings. The Morgan fingerprint density at radius 2 is 1.86 bits per heavy atom. The van der Waals surface area contributed by atoms with Gasteiger partial charge in [-0.05, 0) is 31.0 Å². The standard InChI is InChI=1S/C15H22N2O4/c1-4-10(2)17(3)15(21)16-13(14(19)20)9-11-5-7-12(18)8-6-11/h5-8,10,13,18H,4,9H2,1-3H3,(H,16,21)(H,19,20)/t10?,13-/m0/s1. The van der Waals surface area contributed by atoms with Gasteiger partial charge in [-0.1, -0.05) is 19.1 Å². The highest BCUT2D eigenvalue weighted by Crippen LogP contribution is 2.12. The predicted octanol–water partition coefficient (Wildman–Crippen LogP) is 1.83. The van der Waals surface area contributed by atoms with Crippen LogP contribution in [0.15, 0.2) is 24.3 Å². The number of phenolic OH excluding ortho intramolecular Hbond substituents is 1. The van der Waals surface area contributed by atoms with E-state index in [0.29, 0.717) is 0 Å². The van der Waals surface area contributed by atoms with Crippen LogP contribution in [-0.2, 0) is 11.2 Å². The molecule has 1 aromatic carbocycles. The van der Waals surface area contributed by atoms with Gasteiger partial charge in [0.25, 0.3) is 0 Å². The molecule has 3 N–H and O–H groups in total. The van der Waals surface area contributed by atoms with Gasteiger partial charge in [0, 0.05) is 19.5 Å². The van der Waals surface area contributed by atoms with Crippen LogP contribution in [-0.4, -0.2) is 46.2 Å². The van der Waals surface area contributed by atoms with Crippen LogP contribution < -0.4 is 5.32 Å². The highest BCUT2D eigenvalue weighted by atomic mass is 16.4. The number of benzene rings is 1. The summed E-state index contributed by atoms with van der Waals surface area (Å²) in [4.78, 5) is 24.8. The maximum atomic E-state index is 12.0. The molecule has 21 heavy (non-hydrogen) atoms. The normalized spacial score (nSPS) is 13.3. The molecule has 0 aliphatic heterocycles. The Balaban J connectivity index is 2.72. The second-order valence-electron chi connectivity index (χ2n) is 5.08. The molecule has 0 spiro atoms. The third kappa shape index (κ3) is 4.98. The average Bonchev–Trinajstić information content (AvgIpc) is 2.46. The number of amides is 2. The minimum absolute atomic E-state index is 0.0353. The number of aromatic hydroxyl groups is 1. The maximum absolute atomic E-state index is 12.0. The minimum Gasteiger partial charge on any atom is -0.508 e. The van der Waals surface area contributed by atoms with Gasteiger partial charge in [-0.25, -0.2) is 9.59 Å². The number of urea groups is 1. The number of carboxylic acids is 1. The molecule has 6 nitrogen and oxygen atoms in total. The number of nitrogens with zero attached hydrogens (tertiary/aromatic N) is 1. The third-order valence-corrected chi connectivity index (χ3v) is 3.54. The van der Waals surface area contributed by atoms with Gasteiger partial charge in [-0.3, -0.25) is 0 Å². The van der Waals surface area contributed by atoms with Crippen molar-refractivity contribution in [1.82, 2.24) is 10.2 Å². The molecule has 0 heterocycles. The van der Waals surface area contributed by atoms with E-state index in [1.165, 1.54) is 17.0 Å². The monoisotopic (exact) mass is 294 g/mol. The summed E-state index contributed by atoms with van der Waals surface area (Å²) < 4.78 is 0. The van der Waals surface area contributed by atoms with E-state index in [0.717, 1.165) is 12.0 Å². The molecule has 0 radical (unpaired) electrons. The smallest absolute Gasteiger partial charge is 0.326 e. The minimum atomic E-state index is -1.09. The summed E-state index contributed by atoms with van der Waals surface area (Å²) in [7, 11) is 1.64. The highest BCUT2D eigenvalue weighted by molar-refractivity contribution is 5.82. The van der Waals surface area contributed by atoms with E-state index in [4.69, 9.17) is 0 Å². The molecular formula is C15H22N2O4. The summed E-state index contributed by atoms with van der Waals surface area (Å²) in [6, 6.07) is 4.87. The van der Waals surface area contributed by atoms with E-state index in [2.05, 4.69) is 5.32 Å². The van der Waals surface area contributed by atoms with Crippen LogP contribution in [0.3, 0.4) is 0 Å². The van der Waals surface area contributed by atoms with Gasteiger partial charge in [0.2, 0.25) is 0 Å². The lowest BCUT2D eigenvalue weighted by molar-refractivity contribution is -0.139. The summed E-state index contributed by atoms with van der Waals surface area (Å²) in [6.07, 6.45) is 0.954. The predicted molar refractivity (Wildman–Crippen MR) is 79.3 cm³/mol. The van der Waals surface area contributed by atoms with Crippen LogP contribution in [0, 0.1) is 0 Å². The number of nitrogens with one attached hydrogen (secondary N) is 1. The van der Waals surface area contributed by atoms with E-state index in [1.807, 2.05) is 13.8 Å². The van der Waals surface area contributed by atoms with Crippen molar-refractivity contribution >= 4 is 12.0 Å². The molecule has 1 rings (SSSR count). The first kappa shape index (κ1) is 16.8. The van der Waals surface area contributed by atoms with Gasteiger partial charge in [0.05, 0.1) is 0 Å². The Morgan fingerprint density at radius 3 is 2.33 bits per heavy atom. The quantitative estimate of drug-likeness (QED) is 0.746. The van der Waals surface area contributed by atoms with Gasteiger partial charge in [0.1, 0.15) is 11.8 Å². The molecule has 2 atom stereocenters. The zero-order valence-electron chi connectivity index (χ0n) is 12.5. The average molecular weight is 294 g/mol. The zero-order valence-corrected chi connectivity index (χ0v) is 12.5. The van der Waals surface area contributed by atoms with Crippen molar-refractivity contribution in [3.05, 3.63) is 29.8 Å². The second kappa shape index (κ2) is 7.52. The molecule has 6 heteroatoms. The Hall–Kier alpha value is -2.24. The van der Waals surface area contributed by atoms with Crippen LogP contribution in [0.2, 0.25) is 0 Å². The van der Waals surface area contributed by atoms with E-state index in [1.54, 1.807) is 19.2 Å². The molecule has 0 saturated carbocycles. The molecule has 0 bridgehead atoms. The fourth-order valence-corrected chi connectivity index (χ4v) is 1.79. The number of rotatable bonds is 6. The topological polar surface area (TPSA) is 89.9 Å². The van der Waals surface area contributed by atoms with Crippen LogP contribution in [0.25, 0.3) is 0 Å². The van der Waals surface area contributed by atoms with Crippen LogP contribution in [0.4, 0.5) is 4.79 Å². The molecule has 2 amide bonds. The molecule has 0 saturated heterocycles. The number of carboxylic acid groups (broad SMARTS) is 1. The first-order chi connectivity index (χ1) is 9.85. The zero-order chi connectivity index (χ0) is 16.0. The van der Waals surface area contributed by atoms with Crippen LogP contribution in [0.5, 0.6) is 5.75 Å². The van der Waals surface area contributed by atoms with Gasteiger partial charge in [-0.2, -0.15) is 0 Å². The van der Waals surface area contributed by atoms with E-state index in [-0.39, 0.29) is 18.2 Å². The van der Waals surface area contributed by atoms with Crippen molar-refractivity contribution in [2.45, 2.75) is 38.8 Å². The lowest BCUT2D eigenvalue weighted by Crippen LogP contribution is -2.49. The van der Waals surface area contributed by atoms with E-state index < -0.39 is 18.0 Å². The Morgan fingerprint density at radius 1 is 1.29 bits per heavy atom. The van der Waals surface area contributed by atoms with Gasteiger partial charge in [0.15, 0.2) is 0 Å². The van der Waals surface area contributed by atoms with Crippen LogP contribution in [0.1, 0.15) is 25.8 Å². The molecule has 0 aromatic heterocycles. The molecule has 0 aliphatic carbocycles. The van der Waals surface area contributed by atoms with Crippen molar-refractivity contribution in [3.63, 3.8) is 0 Å². The molecule has 116 valence electrons. The first-order valence-electron chi connectivity index (χ1n) is 6.89. The van der Waals surface area contributed by atoms with E-state index in [9.17, 15) is 19.8 Å². The SMILES string of the molecule is CCC(C)N(C)C(=O)N[C@@H](Cc1ccc(O)cc1)C(=O)O. The summed E-state index contributed by atoms with van der Waals surface area (Å²) in [6.45, 7) is 3.86. The van der Waals surface area contributed by atoms with Gasteiger partial charge in [-0.15, -0.1) is 0 Å². The third-order valence-electron chi connectivity index (χ3n) is 3.54. The molecular weight excluding hydrogens is 272 g/mol. The van der Waals surface area contributed by atoms with Crippen molar-refractivity contribution in [2.75, 3.05) is 7.05 Å².